The average molecular weight is 342 g/mol. The van der Waals surface area contributed by atoms with E-state index in [-0.39, 0.29) is 5.56 Å². The SMILES string of the molecule is O=c1[nH]c(=S)[nH]c2c1CN(Cc1c(Cl)cccc1Cl)CC2. The van der Waals surface area contributed by atoms with Gasteiger partial charge in [-0.1, -0.05) is 29.3 Å². The molecule has 0 saturated carbocycles. The van der Waals surface area contributed by atoms with Crippen LogP contribution in [0.1, 0.15) is 16.8 Å². The maximum Gasteiger partial charge on any atom is 0.256 e. The van der Waals surface area contributed by atoms with Gasteiger partial charge in [-0.25, -0.2) is 0 Å². The minimum Gasteiger partial charge on any atom is -0.335 e. The maximum absolute atomic E-state index is 12.0. The fraction of sp³-hybridized carbons (Fsp3) is 0.286. The summed E-state index contributed by atoms with van der Waals surface area (Å²) in [7, 11) is 0. The third kappa shape index (κ3) is 3.06. The minimum absolute atomic E-state index is 0.122. The van der Waals surface area contributed by atoms with Crippen LogP contribution in [0.4, 0.5) is 0 Å². The van der Waals surface area contributed by atoms with E-state index in [1.165, 1.54) is 0 Å². The van der Waals surface area contributed by atoms with Gasteiger partial charge in [0.25, 0.3) is 5.56 Å². The van der Waals surface area contributed by atoms with Crippen LogP contribution in [0.15, 0.2) is 23.0 Å². The van der Waals surface area contributed by atoms with E-state index >= 15 is 0 Å². The van der Waals surface area contributed by atoms with Crippen molar-refractivity contribution in [3.8, 4) is 0 Å². The third-order valence-electron chi connectivity index (χ3n) is 3.63. The smallest absolute Gasteiger partial charge is 0.256 e. The van der Waals surface area contributed by atoms with Gasteiger partial charge in [-0.05, 0) is 24.4 Å². The van der Waals surface area contributed by atoms with Crippen LogP contribution in [0.2, 0.25) is 10.0 Å². The molecular formula is C14H13Cl2N3OS. The largest absolute Gasteiger partial charge is 0.335 e. The highest BCUT2D eigenvalue weighted by Crippen LogP contribution is 2.27. The summed E-state index contributed by atoms with van der Waals surface area (Å²) >= 11 is 17.4. The number of halogens is 2. The van der Waals surface area contributed by atoms with Crippen molar-refractivity contribution in [3.63, 3.8) is 0 Å². The van der Waals surface area contributed by atoms with E-state index in [4.69, 9.17) is 35.4 Å². The normalized spacial score (nSPS) is 15.0. The van der Waals surface area contributed by atoms with Crippen molar-refractivity contribution in [1.82, 2.24) is 14.9 Å². The molecule has 4 nitrogen and oxygen atoms in total. The maximum atomic E-state index is 12.0. The molecule has 0 fully saturated rings. The number of rotatable bonds is 2. The molecule has 0 atom stereocenters. The van der Waals surface area contributed by atoms with Crippen LogP contribution in [0.5, 0.6) is 0 Å². The molecule has 0 aliphatic carbocycles. The van der Waals surface area contributed by atoms with Crippen LogP contribution in [0.3, 0.4) is 0 Å². The number of fused-ring (bicyclic) bond motifs is 1. The second-order valence-corrected chi connectivity index (χ2v) is 6.25. The summed E-state index contributed by atoms with van der Waals surface area (Å²) in [4.78, 5) is 19.8. The Morgan fingerprint density at radius 1 is 1.24 bits per heavy atom. The molecule has 1 aromatic heterocycles. The molecule has 0 spiro atoms. The van der Waals surface area contributed by atoms with Gasteiger partial charge in [0.1, 0.15) is 0 Å². The highest BCUT2D eigenvalue weighted by atomic mass is 35.5. The highest BCUT2D eigenvalue weighted by molar-refractivity contribution is 7.71. The molecule has 0 saturated heterocycles. The third-order valence-corrected chi connectivity index (χ3v) is 4.55. The Morgan fingerprint density at radius 3 is 2.67 bits per heavy atom. The Morgan fingerprint density at radius 2 is 1.95 bits per heavy atom. The van der Waals surface area contributed by atoms with Crippen molar-refractivity contribution in [2.45, 2.75) is 19.5 Å². The van der Waals surface area contributed by atoms with E-state index in [1.807, 2.05) is 18.2 Å². The molecular weight excluding hydrogens is 329 g/mol. The average Bonchev–Trinajstić information content (AvgIpc) is 2.43. The van der Waals surface area contributed by atoms with E-state index in [1.54, 1.807) is 0 Å². The number of hydrogen-bond donors (Lipinski definition) is 2. The Balaban J connectivity index is 1.87. The first-order valence-corrected chi connectivity index (χ1v) is 7.70. The Labute approximate surface area is 136 Å². The van der Waals surface area contributed by atoms with Crippen molar-refractivity contribution in [2.75, 3.05) is 6.54 Å². The second kappa shape index (κ2) is 5.93. The van der Waals surface area contributed by atoms with E-state index in [0.29, 0.717) is 27.9 Å². The van der Waals surface area contributed by atoms with Crippen molar-refractivity contribution in [1.29, 1.82) is 0 Å². The van der Waals surface area contributed by atoms with Gasteiger partial charge in [0.15, 0.2) is 4.77 Å². The summed E-state index contributed by atoms with van der Waals surface area (Å²) in [6, 6.07) is 5.47. The molecule has 0 bridgehead atoms. The number of aromatic nitrogens is 2. The van der Waals surface area contributed by atoms with E-state index in [9.17, 15) is 4.79 Å². The highest BCUT2D eigenvalue weighted by Gasteiger charge is 2.21. The van der Waals surface area contributed by atoms with E-state index < -0.39 is 0 Å². The lowest BCUT2D eigenvalue weighted by atomic mass is 10.1. The van der Waals surface area contributed by atoms with E-state index in [0.717, 1.165) is 29.8 Å². The number of benzene rings is 1. The molecule has 1 aromatic carbocycles. The predicted octanol–water partition coefficient (Wildman–Crippen LogP) is 3.30. The van der Waals surface area contributed by atoms with Gasteiger partial charge in [-0.15, -0.1) is 0 Å². The summed E-state index contributed by atoms with van der Waals surface area (Å²) in [6.45, 7) is 1.99. The van der Waals surface area contributed by atoms with Crippen LogP contribution in [-0.2, 0) is 19.5 Å². The van der Waals surface area contributed by atoms with Crippen molar-refractivity contribution in [3.05, 3.63) is 60.2 Å². The number of H-pyrrole nitrogens is 2. The molecule has 2 aromatic rings. The van der Waals surface area contributed by atoms with Crippen LogP contribution < -0.4 is 5.56 Å². The summed E-state index contributed by atoms with van der Waals surface area (Å²) in [5, 5.41) is 1.30. The number of aromatic amines is 2. The molecule has 2 N–H and O–H groups in total. The first-order valence-electron chi connectivity index (χ1n) is 6.54. The number of hydrogen-bond acceptors (Lipinski definition) is 3. The van der Waals surface area contributed by atoms with E-state index in [2.05, 4.69) is 14.9 Å². The molecule has 0 radical (unpaired) electrons. The van der Waals surface area contributed by atoms with Crippen molar-refractivity contribution >= 4 is 35.4 Å². The molecule has 1 aliphatic heterocycles. The fourth-order valence-electron chi connectivity index (χ4n) is 2.55. The Bertz CT molecular complexity index is 779. The predicted molar refractivity (Wildman–Crippen MR) is 86.5 cm³/mol. The van der Waals surface area contributed by atoms with Gasteiger partial charge in [0.2, 0.25) is 0 Å². The molecule has 3 rings (SSSR count). The topological polar surface area (TPSA) is 51.9 Å². The summed E-state index contributed by atoms with van der Waals surface area (Å²) in [5.41, 5.74) is 2.43. The Hall–Kier alpha value is -1.14. The quantitative estimate of drug-likeness (QED) is 0.824. The molecule has 7 heteroatoms. The van der Waals surface area contributed by atoms with Gasteiger partial charge in [0.05, 0.1) is 5.56 Å². The Kier molecular flexibility index (Phi) is 4.17. The fourth-order valence-corrected chi connectivity index (χ4v) is 3.29. The van der Waals surface area contributed by atoms with Crippen LogP contribution in [-0.4, -0.2) is 21.4 Å². The minimum atomic E-state index is -0.122. The lowest BCUT2D eigenvalue weighted by Crippen LogP contribution is -2.35. The first kappa shape index (κ1) is 14.8. The van der Waals surface area contributed by atoms with Crippen LogP contribution in [0.25, 0.3) is 0 Å². The summed E-state index contributed by atoms with van der Waals surface area (Å²) in [6.07, 6.45) is 0.755. The van der Waals surface area contributed by atoms with Gasteiger partial charge >= 0.3 is 0 Å². The zero-order chi connectivity index (χ0) is 15.0. The van der Waals surface area contributed by atoms with Gasteiger partial charge < -0.3 is 4.98 Å². The zero-order valence-corrected chi connectivity index (χ0v) is 13.4. The summed E-state index contributed by atoms with van der Waals surface area (Å²) < 4.78 is 0.376. The van der Waals surface area contributed by atoms with Gasteiger partial charge in [0, 0.05) is 47.4 Å². The van der Waals surface area contributed by atoms with Crippen molar-refractivity contribution in [2.24, 2.45) is 0 Å². The van der Waals surface area contributed by atoms with Crippen LogP contribution >= 0.6 is 35.4 Å². The molecule has 21 heavy (non-hydrogen) atoms. The summed E-state index contributed by atoms with van der Waals surface area (Å²) in [5.74, 6) is 0. The van der Waals surface area contributed by atoms with Crippen LogP contribution in [0, 0.1) is 4.77 Å². The van der Waals surface area contributed by atoms with Crippen molar-refractivity contribution < 1.29 is 0 Å². The molecule has 110 valence electrons. The molecule has 1 aliphatic rings. The second-order valence-electron chi connectivity index (χ2n) is 5.03. The molecule has 0 amide bonds. The lowest BCUT2D eigenvalue weighted by molar-refractivity contribution is 0.241. The number of nitrogens with zero attached hydrogens (tertiary/aromatic N) is 1. The number of nitrogens with one attached hydrogen (secondary N) is 2. The molecule has 2 heterocycles. The molecule has 0 unspecified atom stereocenters. The zero-order valence-electron chi connectivity index (χ0n) is 11.1. The first-order chi connectivity index (χ1) is 10.0. The standard InChI is InChI=1S/C14H13Cl2N3OS/c15-10-2-1-3-11(16)8(10)6-19-5-4-12-9(7-19)13(20)18-14(21)17-12/h1-3H,4-7H2,(H2,17,18,20,21). The van der Waals surface area contributed by atoms with Gasteiger partial charge in [-0.2, -0.15) is 0 Å². The monoisotopic (exact) mass is 341 g/mol. The van der Waals surface area contributed by atoms with Gasteiger partial charge in [-0.3, -0.25) is 14.7 Å². The lowest BCUT2D eigenvalue weighted by Gasteiger charge is -2.28.